The van der Waals surface area contributed by atoms with Crippen molar-refractivity contribution in [3.63, 3.8) is 0 Å². The Balaban J connectivity index is 0.00000274. The van der Waals surface area contributed by atoms with E-state index in [-0.39, 0.29) is 52.3 Å². The van der Waals surface area contributed by atoms with Gasteiger partial charge in [-0.05, 0) is 79.6 Å². The van der Waals surface area contributed by atoms with Gasteiger partial charge in [0.05, 0.1) is 6.10 Å². The van der Waals surface area contributed by atoms with Crippen molar-refractivity contribution in [2.24, 2.45) is 28.6 Å². The summed E-state index contributed by atoms with van der Waals surface area (Å²) in [5, 5.41) is 39.9. The number of aliphatic carboxylic acids is 1. The standard InChI is InChI=1S/C25H36O8.Na/c1-24-9-7-13(26)11-12(24)3-4-14-15-5-6-17(25(15,2)10-8-16(14)24)32-23-20(29)18(27)19(28)21(33-23)22(30)31;/h11,14-21,23,27-29H,3-10H2,1-2H3,(H,30,31);/t14-,15-,16-,17-,18-,19-,20+,21-,23+,24-,25-;/m0./s1. The number of hydrogen-bond donors (Lipinski definition) is 4. The minimum Gasteiger partial charge on any atom is -0.479 e. The van der Waals surface area contributed by atoms with Crippen molar-refractivity contribution in [3.8, 4) is 0 Å². The molecular formula is C25H36NaO8. The van der Waals surface area contributed by atoms with E-state index in [0.717, 1.165) is 44.9 Å². The predicted octanol–water partition coefficient (Wildman–Crippen LogP) is 1.41. The zero-order chi connectivity index (χ0) is 23.7. The molecule has 1 aliphatic heterocycles. The number of allylic oxidation sites excluding steroid dienone is 1. The van der Waals surface area contributed by atoms with Crippen LogP contribution in [0.15, 0.2) is 11.6 Å². The number of rotatable bonds is 3. The molecule has 4 fully saturated rings. The summed E-state index contributed by atoms with van der Waals surface area (Å²) in [5.41, 5.74) is 1.29. The predicted molar refractivity (Wildman–Crippen MR) is 122 cm³/mol. The van der Waals surface area contributed by atoms with Crippen LogP contribution in [0.3, 0.4) is 0 Å². The molecule has 1 radical (unpaired) electrons. The molecule has 1 saturated heterocycles. The minimum absolute atomic E-state index is 0. The number of aliphatic hydroxyl groups is 3. The number of carboxylic acids is 1. The first-order valence-corrected chi connectivity index (χ1v) is 12.4. The number of hydrogen-bond acceptors (Lipinski definition) is 7. The third-order valence-corrected chi connectivity index (χ3v) is 9.99. The van der Waals surface area contributed by atoms with Crippen LogP contribution < -0.4 is 0 Å². The molecule has 3 saturated carbocycles. The number of carbonyl (C=O) groups is 2. The fraction of sp³-hybridized carbons (Fsp3) is 0.840. The number of carbonyl (C=O) groups excluding carboxylic acids is 1. The Morgan fingerprint density at radius 3 is 2.44 bits per heavy atom. The number of carboxylic acid groups (broad SMARTS) is 1. The van der Waals surface area contributed by atoms with Crippen LogP contribution in [0.5, 0.6) is 0 Å². The molecule has 0 amide bonds. The monoisotopic (exact) mass is 487 g/mol. The van der Waals surface area contributed by atoms with Gasteiger partial charge in [-0.15, -0.1) is 0 Å². The molecule has 0 aromatic carbocycles. The topological polar surface area (TPSA) is 134 Å². The van der Waals surface area contributed by atoms with Crippen molar-refractivity contribution in [2.75, 3.05) is 0 Å². The van der Waals surface area contributed by atoms with Gasteiger partial charge in [0, 0.05) is 36.0 Å². The zero-order valence-electron chi connectivity index (χ0n) is 20.4. The molecule has 5 aliphatic rings. The van der Waals surface area contributed by atoms with E-state index < -0.39 is 36.7 Å². The van der Waals surface area contributed by atoms with E-state index in [0.29, 0.717) is 24.2 Å². The SMILES string of the molecule is C[C@]12CC[C@H]3[C@@H](CCC4=CC(=O)CC[C@@]43C)[C@@H]1CC[C@@H]2O[C@@H]1O[C@H](C(=O)O)[C@@H](O)[C@H](O)[C@H]1O.[Na]. The first-order valence-electron chi connectivity index (χ1n) is 12.4. The Labute approximate surface area is 222 Å². The molecule has 4 aliphatic carbocycles. The van der Waals surface area contributed by atoms with E-state index >= 15 is 0 Å². The van der Waals surface area contributed by atoms with Crippen molar-refractivity contribution in [1.82, 2.24) is 0 Å². The molecule has 0 unspecified atom stereocenters. The smallest absolute Gasteiger partial charge is 0.335 e. The van der Waals surface area contributed by atoms with Crippen LogP contribution in [0.2, 0.25) is 0 Å². The first-order chi connectivity index (χ1) is 15.6. The molecule has 0 aromatic rings. The molecule has 4 N–H and O–H groups in total. The number of ether oxygens (including phenoxy) is 2. The van der Waals surface area contributed by atoms with Gasteiger partial charge in [0.15, 0.2) is 18.2 Å². The Bertz CT molecular complexity index is 862. The third kappa shape index (κ3) is 4.06. The zero-order valence-corrected chi connectivity index (χ0v) is 22.4. The van der Waals surface area contributed by atoms with Crippen molar-refractivity contribution < 1.29 is 39.5 Å². The van der Waals surface area contributed by atoms with E-state index in [4.69, 9.17) is 9.47 Å². The molecule has 0 aromatic heterocycles. The van der Waals surface area contributed by atoms with Crippen molar-refractivity contribution in [1.29, 1.82) is 0 Å². The maximum atomic E-state index is 12.0. The molecule has 8 nitrogen and oxygen atoms in total. The van der Waals surface area contributed by atoms with Gasteiger partial charge in [-0.25, -0.2) is 4.79 Å². The summed E-state index contributed by atoms with van der Waals surface area (Å²) in [5.74, 6) is 0.400. The second-order valence-electron chi connectivity index (χ2n) is 11.5. The van der Waals surface area contributed by atoms with E-state index in [2.05, 4.69) is 13.8 Å². The van der Waals surface area contributed by atoms with Crippen LogP contribution in [0.1, 0.15) is 65.2 Å². The first kappa shape index (κ1) is 26.7. The van der Waals surface area contributed by atoms with E-state index in [1.165, 1.54) is 5.57 Å². The quantitative estimate of drug-likeness (QED) is 0.439. The van der Waals surface area contributed by atoms with Gasteiger partial charge in [0.2, 0.25) is 0 Å². The molecule has 1 heterocycles. The van der Waals surface area contributed by atoms with Crippen molar-refractivity contribution in [3.05, 3.63) is 11.6 Å². The summed E-state index contributed by atoms with van der Waals surface area (Å²) < 4.78 is 11.6. The van der Waals surface area contributed by atoms with E-state index in [1.807, 2.05) is 6.08 Å². The van der Waals surface area contributed by atoms with Gasteiger partial charge in [0.1, 0.15) is 18.3 Å². The number of fused-ring (bicyclic) bond motifs is 5. The summed E-state index contributed by atoms with van der Waals surface area (Å²) in [7, 11) is 0. The molecular weight excluding hydrogens is 451 g/mol. The Kier molecular flexibility index (Phi) is 7.49. The number of aliphatic hydroxyl groups excluding tert-OH is 3. The van der Waals surface area contributed by atoms with Crippen LogP contribution in [-0.4, -0.2) is 98.5 Å². The Morgan fingerprint density at radius 1 is 1.00 bits per heavy atom. The summed E-state index contributed by atoms with van der Waals surface area (Å²) in [6.45, 7) is 4.58. The fourth-order valence-corrected chi connectivity index (χ4v) is 8.06. The average molecular weight is 488 g/mol. The summed E-state index contributed by atoms with van der Waals surface area (Å²) >= 11 is 0. The molecule has 5 rings (SSSR count). The van der Waals surface area contributed by atoms with E-state index in [1.54, 1.807) is 0 Å². The average Bonchev–Trinajstić information content (AvgIpc) is 3.10. The Hall–Kier alpha value is -0.320. The molecule has 0 bridgehead atoms. The summed E-state index contributed by atoms with van der Waals surface area (Å²) in [4.78, 5) is 23.5. The molecule has 34 heavy (non-hydrogen) atoms. The third-order valence-electron chi connectivity index (χ3n) is 9.99. The van der Waals surface area contributed by atoms with Gasteiger partial charge in [-0.3, -0.25) is 4.79 Å². The van der Waals surface area contributed by atoms with Crippen LogP contribution >= 0.6 is 0 Å². The molecule has 185 valence electrons. The fourth-order valence-electron chi connectivity index (χ4n) is 8.06. The van der Waals surface area contributed by atoms with Gasteiger partial charge >= 0.3 is 5.97 Å². The summed E-state index contributed by atoms with van der Waals surface area (Å²) in [6.07, 6.45) is 1.24. The molecule has 0 spiro atoms. The van der Waals surface area contributed by atoms with Crippen molar-refractivity contribution >= 4 is 41.3 Å². The maximum Gasteiger partial charge on any atom is 0.335 e. The number of ketones is 1. The maximum absolute atomic E-state index is 12.0. The van der Waals surface area contributed by atoms with Gasteiger partial charge in [0.25, 0.3) is 0 Å². The normalized spacial score (nSPS) is 50.3. The largest absolute Gasteiger partial charge is 0.479 e. The van der Waals surface area contributed by atoms with E-state index in [9.17, 15) is 30.0 Å². The Morgan fingerprint density at radius 2 is 1.74 bits per heavy atom. The van der Waals surface area contributed by atoms with Crippen LogP contribution in [0.4, 0.5) is 0 Å². The molecule has 9 heteroatoms. The second-order valence-corrected chi connectivity index (χ2v) is 11.5. The van der Waals surface area contributed by atoms with Gasteiger partial charge < -0.3 is 29.9 Å². The van der Waals surface area contributed by atoms with Gasteiger partial charge in [-0.2, -0.15) is 0 Å². The van der Waals surface area contributed by atoms with Crippen LogP contribution in [0.25, 0.3) is 0 Å². The van der Waals surface area contributed by atoms with Crippen molar-refractivity contribution in [2.45, 2.75) is 102 Å². The summed E-state index contributed by atoms with van der Waals surface area (Å²) in [6, 6.07) is 0. The van der Waals surface area contributed by atoms with Gasteiger partial charge in [-0.1, -0.05) is 19.4 Å². The molecule has 11 atom stereocenters. The van der Waals surface area contributed by atoms with Crippen LogP contribution in [0, 0.1) is 28.6 Å². The van der Waals surface area contributed by atoms with Crippen LogP contribution in [-0.2, 0) is 19.1 Å². The second kappa shape index (κ2) is 9.53. The minimum atomic E-state index is -1.72.